The van der Waals surface area contributed by atoms with Crippen LogP contribution in [0, 0.1) is 29.1 Å². The lowest BCUT2D eigenvalue weighted by Gasteiger charge is -2.22. The second kappa shape index (κ2) is 2.31. The summed E-state index contributed by atoms with van der Waals surface area (Å²) in [5, 5.41) is 8.43. The molecule has 6 unspecified atom stereocenters. The molecule has 0 aliphatic carbocycles. The normalized spacial score (nSPS) is 57.4. The highest BCUT2D eigenvalue weighted by Gasteiger charge is 2.67. The summed E-state index contributed by atoms with van der Waals surface area (Å²) < 4.78 is 29.1. The Morgan fingerprint density at radius 3 is 2.79 bits per heavy atom. The fourth-order valence-electron chi connectivity index (χ4n) is 3.27. The molecule has 3 rings (SSSR count). The van der Waals surface area contributed by atoms with Gasteiger partial charge in [0.15, 0.2) is 9.84 Å². The van der Waals surface area contributed by atoms with Crippen molar-refractivity contribution in [1.82, 2.24) is 0 Å². The van der Waals surface area contributed by atoms with Crippen LogP contribution in [-0.4, -0.2) is 31.6 Å². The lowest BCUT2D eigenvalue weighted by molar-refractivity contribution is 0.0849. The van der Waals surface area contributed by atoms with Gasteiger partial charge < -0.3 is 4.74 Å². The lowest BCUT2D eigenvalue weighted by Crippen LogP contribution is -2.37. The molecule has 0 aromatic carbocycles. The van der Waals surface area contributed by atoms with Gasteiger partial charge in [0.05, 0.1) is 29.9 Å². The number of ether oxygens (including phenoxy) is 1. The van der Waals surface area contributed by atoms with Crippen molar-refractivity contribution in [3.63, 3.8) is 0 Å². The molecule has 5 heteroatoms. The number of nitriles is 1. The van der Waals surface area contributed by atoms with Gasteiger partial charge in [-0.15, -0.1) is 0 Å². The van der Waals surface area contributed by atoms with Gasteiger partial charge in [0.2, 0.25) is 0 Å². The minimum atomic E-state index is -3.07. The summed E-state index contributed by atoms with van der Waals surface area (Å²) in [6.45, 7) is 2.00. The monoisotopic (exact) mass is 213 g/mol. The first-order chi connectivity index (χ1) is 6.56. The average molecular weight is 213 g/mol. The lowest BCUT2D eigenvalue weighted by atomic mass is 9.76. The molecule has 0 aromatic heterocycles. The summed E-state index contributed by atoms with van der Waals surface area (Å²) in [6.07, 6.45) is -0.332. The largest absolute Gasteiger partial charge is 0.372 e. The van der Waals surface area contributed by atoms with Gasteiger partial charge in [-0.05, 0) is 5.92 Å². The molecular formula is C9H11NO3S. The van der Waals surface area contributed by atoms with Gasteiger partial charge in [0.1, 0.15) is 5.25 Å². The minimum absolute atomic E-state index is 0.139. The van der Waals surface area contributed by atoms with Gasteiger partial charge in [-0.1, -0.05) is 6.92 Å². The highest BCUT2D eigenvalue weighted by Crippen LogP contribution is 2.54. The molecule has 0 amide bonds. The molecule has 76 valence electrons. The molecule has 0 radical (unpaired) electrons. The Hall–Kier alpha value is -0.600. The Bertz CT molecular complexity index is 424. The van der Waals surface area contributed by atoms with E-state index in [0.717, 1.165) is 0 Å². The Balaban J connectivity index is 2.15. The molecule has 0 aromatic rings. The molecule has 3 heterocycles. The number of fused-ring (bicyclic) bond motifs is 1. The third-order valence-electron chi connectivity index (χ3n) is 3.95. The van der Waals surface area contributed by atoms with E-state index in [0.29, 0.717) is 0 Å². The van der Waals surface area contributed by atoms with Crippen LogP contribution in [0.4, 0.5) is 0 Å². The van der Waals surface area contributed by atoms with Crippen LogP contribution in [0.5, 0.6) is 0 Å². The summed E-state index contributed by atoms with van der Waals surface area (Å²) in [7, 11) is -3.07. The number of hydrogen-bond acceptors (Lipinski definition) is 4. The maximum atomic E-state index is 11.8. The van der Waals surface area contributed by atoms with Gasteiger partial charge in [0, 0.05) is 5.92 Å². The summed E-state index contributed by atoms with van der Waals surface area (Å²) in [6, 6.07) is 2.10. The molecule has 0 saturated carbocycles. The molecular weight excluding hydrogens is 202 g/mol. The summed E-state index contributed by atoms with van der Waals surface area (Å²) in [5.41, 5.74) is 0. The van der Waals surface area contributed by atoms with Gasteiger partial charge in [-0.3, -0.25) is 0 Å². The predicted octanol–water partition coefficient (Wildman–Crippen LogP) is -0.0435. The summed E-state index contributed by atoms with van der Waals surface area (Å²) in [4.78, 5) is 0. The van der Waals surface area contributed by atoms with Crippen molar-refractivity contribution >= 4 is 9.84 Å². The quantitative estimate of drug-likeness (QED) is 0.566. The maximum Gasteiger partial charge on any atom is 0.157 e. The summed E-state index contributed by atoms with van der Waals surface area (Å²) in [5.74, 6) is 0.148. The molecule has 3 aliphatic heterocycles. The Labute approximate surface area is 82.8 Å². The van der Waals surface area contributed by atoms with Gasteiger partial charge in [-0.25, -0.2) is 8.42 Å². The smallest absolute Gasteiger partial charge is 0.157 e. The molecule has 3 saturated heterocycles. The fraction of sp³-hybridized carbons (Fsp3) is 0.889. The van der Waals surface area contributed by atoms with Crippen molar-refractivity contribution in [1.29, 1.82) is 5.26 Å². The fourth-order valence-corrected chi connectivity index (χ4v) is 5.86. The van der Waals surface area contributed by atoms with Crippen molar-refractivity contribution < 1.29 is 13.2 Å². The first-order valence-electron chi connectivity index (χ1n) is 4.83. The van der Waals surface area contributed by atoms with E-state index < -0.39 is 21.0 Å². The average Bonchev–Trinajstić information content (AvgIpc) is 2.67. The third kappa shape index (κ3) is 0.755. The Kier molecular flexibility index (Phi) is 1.43. The highest BCUT2D eigenvalue weighted by atomic mass is 32.2. The van der Waals surface area contributed by atoms with Crippen molar-refractivity contribution in [2.75, 3.05) is 5.75 Å². The molecule has 0 spiro atoms. The highest BCUT2D eigenvalue weighted by molar-refractivity contribution is 7.92. The maximum absolute atomic E-state index is 11.8. The van der Waals surface area contributed by atoms with Gasteiger partial charge in [0.25, 0.3) is 0 Å². The van der Waals surface area contributed by atoms with Crippen molar-refractivity contribution in [3.05, 3.63) is 0 Å². The zero-order valence-corrected chi connectivity index (χ0v) is 8.57. The molecule has 4 nitrogen and oxygen atoms in total. The van der Waals surface area contributed by atoms with E-state index in [9.17, 15) is 8.42 Å². The SMILES string of the molecule is CC1C2CS(=O)(=O)C3C(C#N)C1OC23. The molecule has 2 bridgehead atoms. The molecule has 0 N–H and O–H groups in total. The second-order valence-electron chi connectivity index (χ2n) is 4.54. The molecule has 6 atom stereocenters. The van der Waals surface area contributed by atoms with E-state index in [4.69, 9.17) is 10.00 Å². The van der Waals surface area contributed by atoms with Crippen LogP contribution in [-0.2, 0) is 14.6 Å². The van der Waals surface area contributed by atoms with E-state index in [1.165, 1.54) is 0 Å². The Morgan fingerprint density at radius 1 is 1.43 bits per heavy atom. The van der Waals surface area contributed by atoms with Crippen molar-refractivity contribution in [2.45, 2.75) is 24.4 Å². The Morgan fingerprint density at radius 2 is 2.14 bits per heavy atom. The standard InChI is InChI=1S/C9H11NO3S/c1-4-6-3-14(11,12)9-5(2-10)7(4)13-8(6)9/h4-9H,3H2,1H3. The molecule has 3 fully saturated rings. The van der Waals surface area contributed by atoms with Crippen molar-refractivity contribution in [2.24, 2.45) is 17.8 Å². The first kappa shape index (κ1) is 8.69. The van der Waals surface area contributed by atoms with E-state index in [1.807, 2.05) is 6.92 Å². The number of sulfone groups is 1. The van der Waals surface area contributed by atoms with Gasteiger partial charge in [-0.2, -0.15) is 5.26 Å². The first-order valence-corrected chi connectivity index (χ1v) is 6.54. The van der Waals surface area contributed by atoms with Crippen LogP contribution < -0.4 is 0 Å². The predicted molar refractivity (Wildman–Crippen MR) is 48.0 cm³/mol. The van der Waals surface area contributed by atoms with Crippen LogP contribution in [0.3, 0.4) is 0 Å². The van der Waals surface area contributed by atoms with Crippen molar-refractivity contribution in [3.8, 4) is 6.07 Å². The van der Waals surface area contributed by atoms with E-state index >= 15 is 0 Å². The molecule has 14 heavy (non-hydrogen) atoms. The number of hydrogen-bond donors (Lipinski definition) is 0. The van der Waals surface area contributed by atoms with E-state index in [2.05, 4.69) is 6.07 Å². The minimum Gasteiger partial charge on any atom is -0.372 e. The zero-order chi connectivity index (χ0) is 10.1. The second-order valence-corrected chi connectivity index (χ2v) is 6.74. The molecule has 3 aliphatic rings. The van der Waals surface area contributed by atoms with Crippen LogP contribution in [0.15, 0.2) is 0 Å². The topological polar surface area (TPSA) is 67.2 Å². The number of rotatable bonds is 0. The number of nitrogens with zero attached hydrogens (tertiary/aromatic N) is 1. The van der Waals surface area contributed by atoms with Gasteiger partial charge >= 0.3 is 0 Å². The van der Waals surface area contributed by atoms with Crippen LogP contribution in [0.2, 0.25) is 0 Å². The summed E-state index contributed by atoms with van der Waals surface area (Å²) >= 11 is 0. The van der Waals surface area contributed by atoms with Crippen LogP contribution in [0.1, 0.15) is 6.92 Å². The van der Waals surface area contributed by atoms with E-state index in [-0.39, 0.29) is 29.8 Å². The third-order valence-corrected chi connectivity index (χ3v) is 6.19. The van der Waals surface area contributed by atoms with Crippen LogP contribution in [0.25, 0.3) is 0 Å². The zero-order valence-electron chi connectivity index (χ0n) is 7.75. The van der Waals surface area contributed by atoms with Crippen LogP contribution >= 0.6 is 0 Å². The van der Waals surface area contributed by atoms with E-state index in [1.54, 1.807) is 0 Å².